The van der Waals surface area contributed by atoms with Gasteiger partial charge in [0.15, 0.2) is 12.1 Å². The summed E-state index contributed by atoms with van der Waals surface area (Å²) >= 11 is 0. The summed E-state index contributed by atoms with van der Waals surface area (Å²) in [4.78, 5) is 2.03. The third kappa shape index (κ3) is 3.12. The van der Waals surface area contributed by atoms with Crippen molar-refractivity contribution < 1.29 is 10.2 Å². The second kappa shape index (κ2) is 5.40. The Morgan fingerprint density at radius 3 is 2.76 bits per heavy atom. The summed E-state index contributed by atoms with van der Waals surface area (Å²) in [5, 5.41) is 22.7. The van der Waals surface area contributed by atoms with Crippen molar-refractivity contribution in [2.75, 3.05) is 13.6 Å². The van der Waals surface area contributed by atoms with Crippen molar-refractivity contribution in [3.05, 3.63) is 11.8 Å². The average Bonchev–Trinajstić information content (AvgIpc) is 2.34. The third-order valence-electron chi connectivity index (χ3n) is 3.51. The van der Waals surface area contributed by atoms with Gasteiger partial charge < -0.3 is 15.1 Å². The molecule has 5 nitrogen and oxygen atoms in total. The molecule has 17 heavy (non-hydrogen) atoms. The van der Waals surface area contributed by atoms with Crippen LogP contribution in [0.4, 0.5) is 0 Å². The minimum atomic E-state index is -1.07. The number of aliphatic hydroxyl groups excluding tert-OH is 2. The number of amidine groups is 1. The topological polar surface area (TPSA) is 68.1 Å². The Balaban J connectivity index is 1.89. The molecule has 3 N–H and O–H groups in total. The molecule has 1 unspecified atom stereocenters. The second-order valence-corrected chi connectivity index (χ2v) is 4.96. The van der Waals surface area contributed by atoms with Crippen LogP contribution in [0.25, 0.3) is 0 Å². The lowest BCUT2D eigenvalue weighted by Crippen LogP contribution is -2.39. The molecule has 0 radical (unpaired) electrons. The first-order chi connectivity index (χ1) is 8.16. The minimum absolute atomic E-state index is 0.0782. The molecule has 1 fully saturated rings. The van der Waals surface area contributed by atoms with Crippen LogP contribution in [0, 0.1) is 5.92 Å². The van der Waals surface area contributed by atoms with Crippen molar-refractivity contribution in [2.24, 2.45) is 11.0 Å². The Kier molecular flexibility index (Phi) is 3.89. The summed E-state index contributed by atoms with van der Waals surface area (Å²) in [6.45, 7) is 0.959. The highest BCUT2D eigenvalue weighted by atomic mass is 16.3. The molecular weight excluding hydrogens is 218 g/mol. The average molecular weight is 239 g/mol. The number of nitrogens with zero attached hydrogens (tertiary/aromatic N) is 2. The van der Waals surface area contributed by atoms with Crippen LogP contribution in [-0.2, 0) is 0 Å². The SMILES string of the molecule is CN(CC1CCCCC1)C1=NNC(O)C(O)=C1. The van der Waals surface area contributed by atoms with E-state index in [2.05, 4.69) is 10.5 Å². The highest BCUT2D eigenvalue weighted by molar-refractivity contribution is 5.93. The Hall–Kier alpha value is -1.23. The predicted molar refractivity (Wildman–Crippen MR) is 66.5 cm³/mol. The van der Waals surface area contributed by atoms with Crippen LogP contribution in [0.3, 0.4) is 0 Å². The predicted octanol–water partition coefficient (Wildman–Crippen LogP) is 1.18. The highest BCUT2D eigenvalue weighted by Gasteiger charge is 2.20. The van der Waals surface area contributed by atoms with Gasteiger partial charge in [-0.25, -0.2) is 0 Å². The summed E-state index contributed by atoms with van der Waals surface area (Å²) in [7, 11) is 1.97. The van der Waals surface area contributed by atoms with Crippen molar-refractivity contribution in [3.8, 4) is 0 Å². The van der Waals surface area contributed by atoms with Gasteiger partial charge in [0, 0.05) is 19.7 Å². The molecule has 2 aliphatic rings. The van der Waals surface area contributed by atoms with Gasteiger partial charge in [-0.2, -0.15) is 5.10 Å². The fourth-order valence-corrected chi connectivity index (χ4v) is 2.48. The maximum absolute atomic E-state index is 9.44. The van der Waals surface area contributed by atoms with E-state index in [1.54, 1.807) is 0 Å². The van der Waals surface area contributed by atoms with E-state index in [0.717, 1.165) is 12.5 Å². The first-order valence-electron chi connectivity index (χ1n) is 6.30. The Morgan fingerprint density at radius 2 is 2.12 bits per heavy atom. The standard InChI is InChI=1S/C12H21N3O2/c1-15(8-9-5-3-2-4-6-9)11-7-10(16)12(17)14-13-11/h7,9,12,14,16-17H,2-6,8H2,1H3. The van der Waals surface area contributed by atoms with Gasteiger partial charge in [0.2, 0.25) is 0 Å². The Labute approximate surface area is 102 Å². The molecule has 5 heteroatoms. The van der Waals surface area contributed by atoms with Gasteiger partial charge >= 0.3 is 0 Å². The van der Waals surface area contributed by atoms with Crippen LogP contribution in [0.5, 0.6) is 0 Å². The van der Waals surface area contributed by atoms with E-state index in [0.29, 0.717) is 5.84 Å². The van der Waals surface area contributed by atoms with E-state index in [1.165, 1.54) is 38.2 Å². The van der Waals surface area contributed by atoms with Gasteiger partial charge in [-0.3, -0.25) is 5.43 Å². The lowest BCUT2D eigenvalue weighted by atomic mass is 9.89. The molecule has 0 aromatic carbocycles. The first kappa shape index (κ1) is 12.2. The van der Waals surface area contributed by atoms with Gasteiger partial charge in [-0.1, -0.05) is 19.3 Å². The summed E-state index contributed by atoms with van der Waals surface area (Å²) < 4.78 is 0. The number of hydrazone groups is 1. The van der Waals surface area contributed by atoms with Crippen LogP contribution in [-0.4, -0.2) is 40.8 Å². The van der Waals surface area contributed by atoms with Crippen molar-refractivity contribution in [1.82, 2.24) is 10.3 Å². The van der Waals surface area contributed by atoms with Gasteiger partial charge in [-0.15, -0.1) is 0 Å². The summed E-state index contributed by atoms with van der Waals surface area (Å²) in [5.41, 5.74) is 2.48. The van der Waals surface area contributed by atoms with Crippen LogP contribution in [0.15, 0.2) is 16.9 Å². The highest BCUT2D eigenvalue weighted by Crippen LogP contribution is 2.24. The van der Waals surface area contributed by atoms with Gasteiger partial charge in [-0.05, 0) is 18.8 Å². The lowest BCUT2D eigenvalue weighted by molar-refractivity contribution is 0.119. The van der Waals surface area contributed by atoms with Crippen molar-refractivity contribution in [2.45, 2.75) is 38.3 Å². The molecule has 1 aliphatic carbocycles. The molecule has 0 aromatic heterocycles. The smallest absolute Gasteiger partial charge is 0.198 e. The molecule has 0 bridgehead atoms. The lowest BCUT2D eigenvalue weighted by Gasteiger charge is -2.29. The zero-order chi connectivity index (χ0) is 12.3. The fourth-order valence-electron chi connectivity index (χ4n) is 2.48. The molecule has 0 saturated heterocycles. The number of likely N-dealkylation sites (N-methyl/N-ethyl adjacent to an activating group) is 1. The molecule has 0 amide bonds. The number of hydrogen-bond donors (Lipinski definition) is 3. The molecule has 0 aromatic rings. The van der Waals surface area contributed by atoms with E-state index >= 15 is 0 Å². The Morgan fingerprint density at radius 1 is 1.41 bits per heavy atom. The third-order valence-corrected chi connectivity index (χ3v) is 3.51. The number of nitrogens with one attached hydrogen (secondary N) is 1. The summed E-state index contributed by atoms with van der Waals surface area (Å²) in [6.07, 6.45) is 7.01. The molecule has 0 spiro atoms. The van der Waals surface area contributed by atoms with E-state index < -0.39 is 6.23 Å². The fraction of sp³-hybridized carbons (Fsp3) is 0.750. The molecule has 2 rings (SSSR count). The van der Waals surface area contributed by atoms with Crippen LogP contribution >= 0.6 is 0 Å². The second-order valence-electron chi connectivity index (χ2n) is 4.96. The van der Waals surface area contributed by atoms with Crippen LogP contribution in [0.1, 0.15) is 32.1 Å². The van der Waals surface area contributed by atoms with Gasteiger partial charge in [0.25, 0.3) is 0 Å². The van der Waals surface area contributed by atoms with Crippen molar-refractivity contribution >= 4 is 5.84 Å². The van der Waals surface area contributed by atoms with E-state index in [1.807, 2.05) is 11.9 Å². The van der Waals surface area contributed by atoms with Crippen LogP contribution in [0.2, 0.25) is 0 Å². The summed E-state index contributed by atoms with van der Waals surface area (Å²) in [6, 6.07) is 0. The first-order valence-corrected chi connectivity index (χ1v) is 6.30. The summed E-state index contributed by atoms with van der Waals surface area (Å²) in [5.74, 6) is 1.32. The minimum Gasteiger partial charge on any atom is -0.507 e. The molecule has 1 saturated carbocycles. The van der Waals surface area contributed by atoms with Crippen molar-refractivity contribution in [1.29, 1.82) is 0 Å². The number of hydrogen-bond acceptors (Lipinski definition) is 5. The largest absolute Gasteiger partial charge is 0.507 e. The maximum Gasteiger partial charge on any atom is 0.198 e. The van der Waals surface area contributed by atoms with E-state index in [4.69, 9.17) is 0 Å². The Bertz CT molecular complexity index is 322. The molecule has 1 heterocycles. The quantitative estimate of drug-likeness (QED) is 0.677. The molecule has 96 valence electrons. The molecule has 1 atom stereocenters. The normalized spacial score (nSPS) is 25.9. The monoisotopic (exact) mass is 239 g/mol. The zero-order valence-electron chi connectivity index (χ0n) is 10.3. The molecular formula is C12H21N3O2. The zero-order valence-corrected chi connectivity index (χ0v) is 10.3. The van der Waals surface area contributed by atoms with Crippen LogP contribution < -0.4 is 5.43 Å². The van der Waals surface area contributed by atoms with Crippen molar-refractivity contribution in [3.63, 3.8) is 0 Å². The van der Waals surface area contributed by atoms with Gasteiger partial charge in [0.1, 0.15) is 5.76 Å². The van der Waals surface area contributed by atoms with Gasteiger partial charge in [0.05, 0.1) is 0 Å². The molecule has 1 aliphatic heterocycles. The number of aliphatic hydroxyl groups is 2. The van der Waals surface area contributed by atoms with E-state index in [9.17, 15) is 10.2 Å². The van der Waals surface area contributed by atoms with E-state index in [-0.39, 0.29) is 5.76 Å². The number of rotatable bonds is 2. The maximum atomic E-state index is 9.44.